The number of thioether (sulfide) groups is 1. The summed E-state index contributed by atoms with van der Waals surface area (Å²) in [5, 5.41) is 11.3. The van der Waals surface area contributed by atoms with Crippen LogP contribution in [-0.2, 0) is 0 Å². The zero-order valence-corrected chi connectivity index (χ0v) is 8.65. The van der Waals surface area contributed by atoms with Crippen LogP contribution in [0.15, 0.2) is 9.55 Å². The van der Waals surface area contributed by atoms with E-state index in [4.69, 9.17) is 9.76 Å². The van der Waals surface area contributed by atoms with Crippen molar-refractivity contribution in [1.82, 2.24) is 0 Å². The first-order valence-electron chi connectivity index (χ1n) is 3.30. The molecular weight excluding hydrogens is 196 g/mol. The Morgan fingerprint density at radius 2 is 1.83 bits per heavy atom. The third-order valence-corrected chi connectivity index (χ3v) is 2.63. The van der Waals surface area contributed by atoms with Gasteiger partial charge in [0, 0.05) is 17.2 Å². The normalized spacial score (nSPS) is 13.6. The van der Waals surface area contributed by atoms with Gasteiger partial charge in [-0.3, -0.25) is 0 Å². The Morgan fingerprint density at radius 1 is 1.25 bits per heavy atom. The highest BCUT2D eigenvalue weighted by Gasteiger charge is 1.95. The molecule has 0 unspecified atom stereocenters. The van der Waals surface area contributed by atoms with Crippen molar-refractivity contribution >= 4 is 35.4 Å². The average molecular weight is 208 g/mol. The fourth-order valence-electron chi connectivity index (χ4n) is 0.471. The van der Waals surface area contributed by atoms with Crippen LogP contribution in [0.4, 0.5) is 0 Å². The van der Waals surface area contributed by atoms with Crippen LogP contribution in [0.25, 0.3) is 0 Å². The summed E-state index contributed by atoms with van der Waals surface area (Å²) in [6, 6.07) is 0. The third-order valence-electron chi connectivity index (χ3n) is 0.989. The minimum absolute atomic E-state index is 0.469. The van der Waals surface area contributed by atoms with E-state index in [-0.39, 0.29) is 0 Å². The lowest BCUT2D eigenvalue weighted by Crippen LogP contribution is -2.00. The SMILES string of the molecule is C/C(CSC/C(C)=N/SO)=N\O. The molecule has 0 bridgehead atoms. The van der Waals surface area contributed by atoms with Crippen molar-refractivity contribution in [3.63, 3.8) is 0 Å². The second-order valence-corrected chi connectivity index (χ2v) is 3.57. The molecule has 0 heterocycles. The van der Waals surface area contributed by atoms with Crippen molar-refractivity contribution in [3.05, 3.63) is 0 Å². The molecule has 0 aliphatic rings. The van der Waals surface area contributed by atoms with Crippen LogP contribution < -0.4 is 0 Å². The molecule has 0 aliphatic carbocycles. The number of oxime groups is 1. The van der Waals surface area contributed by atoms with Crippen molar-refractivity contribution in [2.24, 2.45) is 9.55 Å². The molecule has 70 valence electrons. The molecule has 12 heavy (non-hydrogen) atoms. The van der Waals surface area contributed by atoms with Crippen LogP contribution in [0.2, 0.25) is 0 Å². The summed E-state index contributed by atoms with van der Waals surface area (Å²) in [5.41, 5.74) is 1.54. The van der Waals surface area contributed by atoms with Gasteiger partial charge in [-0.15, -0.1) is 11.8 Å². The second-order valence-electron chi connectivity index (χ2n) is 2.24. The molecule has 0 atom stereocenters. The van der Waals surface area contributed by atoms with Gasteiger partial charge in [0.25, 0.3) is 0 Å². The van der Waals surface area contributed by atoms with Crippen LogP contribution in [-0.4, -0.2) is 32.7 Å². The molecule has 0 saturated heterocycles. The maximum Gasteiger partial charge on any atom is 0.133 e. The van der Waals surface area contributed by atoms with Gasteiger partial charge >= 0.3 is 0 Å². The van der Waals surface area contributed by atoms with Gasteiger partial charge in [0.15, 0.2) is 0 Å². The van der Waals surface area contributed by atoms with Gasteiger partial charge in [-0.05, 0) is 13.8 Å². The quantitative estimate of drug-likeness (QED) is 0.239. The van der Waals surface area contributed by atoms with E-state index in [0.29, 0.717) is 23.7 Å². The van der Waals surface area contributed by atoms with Crippen LogP contribution in [0.1, 0.15) is 13.8 Å². The van der Waals surface area contributed by atoms with Gasteiger partial charge in [0.05, 0.1) is 5.71 Å². The molecule has 0 aromatic heterocycles. The largest absolute Gasteiger partial charge is 0.411 e. The summed E-state index contributed by atoms with van der Waals surface area (Å²) in [4.78, 5) is 0. The highest BCUT2D eigenvalue weighted by molar-refractivity contribution is 8.00. The first kappa shape index (κ1) is 11.8. The Hall–Kier alpha value is -0.200. The standard InChI is InChI=1S/C6H12N2O2S2/c1-5(7-9)3-11-4-6(2)8-12-10/h9-10H,3-4H2,1-2H3/b7-5+,8-6+. The first-order chi connectivity index (χ1) is 5.70. The summed E-state index contributed by atoms with van der Waals surface area (Å²) >= 11 is 2.06. The summed E-state index contributed by atoms with van der Waals surface area (Å²) in [6.45, 7) is 3.59. The summed E-state index contributed by atoms with van der Waals surface area (Å²) in [6.07, 6.45) is 0. The Labute approximate surface area is 80.5 Å². The summed E-state index contributed by atoms with van der Waals surface area (Å²) in [7, 11) is 0. The Bertz CT molecular complexity index is 182. The maximum absolute atomic E-state index is 8.35. The number of hydrogen-bond acceptors (Lipinski definition) is 6. The van der Waals surface area contributed by atoms with E-state index in [0.717, 1.165) is 11.5 Å². The molecular formula is C6H12N2O2S2. The van der Waals surface area contributed by atoms with Crippen molar-refractivity contribution in [1.29, 1.82) is 0 Å². The van der Waals surface area contributed by atoms with Gasteiger partial charge in [0.2, 0.25) is 0 Å². The summed E-state index contributed by atoms with van der Waals surface area (Å²) in [5.74, 6) is 1.42. The molecule has 0 saturated carbocycles. The first-order valence-corrected chi connectivity index (χ1v) is 5.18. The van der Waals surface area contributed by atoms with E-state index in [1.54, 1.807) is 18.7 Å². The highest BCUT2D eigenvalue weighted by atomic mass is 32.2. The molecule has 4 nitrogen and oxygen atoms in total. The lowest BCUT2D eigenvalue weighted by molar-refractivity contribution is 0.318. The molecule has 0 radical (unpaired) electrons. The van der Waals surface area contributed by atoms with Gasteiger partial charge in [-0.2, -0.15) is 4.40 Å². The Morgan fingerprint density at radius 3 is 2.33 bits per heavy atom. The zero-order valence-electron chi connectivity index (χ0n) is 7.02. The molecule has 0 amide bonds. The topological polar surface area (TPSA) is 65.2 Å². The maximum atomic E-state index is 8.35. The molecule has 0 aliphatic heterocycles. The van der Waals surface area contributed by atoms with E-state index in [2.05, 4.69) is 9.55 Å². The fourth-order valence-corrected chi connectivity index (χ4v) is 1.57. The van der Waals surface area contributed by atoms with E-state index in [1.807, 2.05) is 6.92 Å². The molecule has 0 rings (SSSR count). The zero-order chi connectivity index (χ0) is 9.40. The number of hydrogen-bond donors (Lipinski definition) is 2. The van der Waals surface area contributed by atoms with E-state index in [1.165, 1.54) is 0 Å². The van der Waals surface area contributed by atoms with E-state index in [9.17, 15) is 0 Å². The van der Waals surface area contributed by atoms with E-state index >= 15 is 0 Å². The molecule has 6 heteroatoms. The van der Waals surface area contributed by atoms with Gasteiger partial charge in [-0.1, -0.05) is 5.16 Å². The molecule has 0 aromatic carbocycles. The monoisotopic (exact) mass is 208 g/mol. The number of nitrogens with zero attached hydrogens (tertiary/aromatic N) is 2. The highest BCUT2D eigenvalue weighted by Crippen LogP contribution is 2.04. The Balaban J connectivity index is 3.50. The lowest BCUT2D eigenvalue weighted by Gasteiger charge is -1.98. The van der Waals surface area contributed by atoms with Crippen molar-refractivity contribution in [3.8, 4) is 0 Å². The smallest absolute Gasteiger partial charge is 0.133 e. The van der Waals surface area contributed by atoms with Gasteiger partial charge < -0.3 is 9.76 Å². The van der Waals surface area contributed by atoms with Crippen LogP contribution in [0, 0.1) is 0 Å². The predicted octanol–water partition coefficient (Wildman–Crippen LogP) is 2.15. The third kappa shape index (κ3) is 6.51. The number of rotatable bonds is 5. The molecule has 2 N–H and O–H groups in total. The minimum Gasteiger partial charge on any atom is -0.411 e. The minimum atomic E-state index is 0.469. The van der Waals surface area contributed by atoms with Crippen LogP contribution in [0.5, 0.6) is 0 Å². The summed E-state index contributed by atoms with van der Waals surface area (Å²) < 4.78 is 12.1. The van der Waals surface area contributed by atoms with Gasteiger partial charge in [0.1, 0.15) is 12.2 Å². The fraction of sp³-hybridized carbons (Fsp3) is 0.667. The van der Waals surface area contributed by atoms with Gasteiger partial charge in [-0.25, -0.2) is 0 Å². The van der Waals surface area contributed by atoms with E-state index < -0.39 is 0 Å². The molecule has 0 spiro atoms. The van der Waals surface area contributed by atoms with Crippen LogP contribution >= 0.6 is 24.0 Å². The Kier molecular flexibility index (Phi) is 7.33. The second kappa shape index (κ2) is 7.45. The van der Waals surface area contributed by atoms with Crippen molar-refractivity contribution < 1.29 is 9.76 Å². The van der Waals surface area contributed by atoms with Crippen molar-refractivity contribution in [2.75, 3.05) is 11.5 Å². The van der Waals surface area contributed by atoms with Crippen molar-refractivity contribution in [2.45, 2.75) is 13.8 Å². The average Bonchev–Trinajstić information content (AvgIpc) is 2.04. The molecule has 0 aromatic rings. The lowest BCUT2D eigenvalue weighted by atomic mass is 10.5. The predicted molar refractivity (Wildman–Crippen MR) is 55.5 cm³/mol. The molecule has 0 fully saturated rings. The van der Waals surface area contributed by atoms with Crippen LogP contribution in [0.3, 0.4) is 0 Å².